The van der Waals surface area contributed by atoms with Gasteiger partial charge in [0.1, 0.15) is 0 Å². The molecule has 0 aliphatic carbocycles. The van der Waals surface area contributed by atoms with Gasteiger partial charge >= 0.3 is 11.9 Å². The summed E-state index contributed by atoms with van der Waals surface area (Å²) in [6.07, 6.45) is 0.641. The Morgan fingerprint density at radius 2 is 1.70 bits per heavy atom. The van der Waals surface area contributed by atoms with E-state index < -0.39 is 11.9 Å². The summed E-state index contributed by atoms with van der Waals surface area (Å²) in [5.41, 5.74) is -0.178. The van der Waals surface area contributed by atoms with Crippen LogP contribution in [0.5, 0.6) is 0 Å². The van der Waals surface area contributed by atoms with Gasteiger partial charge in [0, 0.05) is 31.1 Å². The molecule has 4 nitrogen and oxygen atoms in total. The molecule has 0 unspecified atom stereocenters. The molecule has 0 aromatic carbocycles. The first-order valence-electron chi connectivity index (χ1n) is 2.18. The molecule has 0 aromatic rings. The van der Waals surface area contributed by atoms with Crippen LogP contribution in [0.4, 0.5) is 0 Å². The van der Waals surface area contributed by atoms with Gasteiger partial charge < -0.3 is 10.2 Å². The molecule has 5 heteroatoms. The molecule has 0 aromatic heterocycles. The van der Waals surface area contributed by atoms with Crippen molar-refractivity contribution in [2.75, 3.05) is 0 Å². The molecule has 0 saturated heterocycles. The van der Waals surface area contributed by atoms with E-state index in [0.717, 1.165) is 0 Å². The number of rotatable bonds is 2. The molecule has 0 heterocycles. The van der Waals surface area contributed by atoms with Gasteiger partial charge in [-0.15, -0.1) is 0 Å². The molecular weight excluding hydrogens is 189 g/mol. The van der Waals surface area contributed by atoms with Crippen molar-refractivity contribution in [1.82, 2.24) is 0 Å². The van der Waals surface area contributed by atoms with Gasteiger partial charge in [0.25, 0.3) is 0 Å². The maximum Gasteiger partial charge on any atom is 0.331 e. The molecule has 0 fully saturated rings. The van der Waals surface area contributed by atoms with Gasteiger partial charge in [-0.25, -0.2) is 9.59 Å². The number of carbonyl (C=O) groups is 2. The molecule has 10 heavy (non-hydrogen) atoms. The summed E-state index contributed by atoms with van der Waals surface area (Å²) in [5.74, 6) is -2.45. The smallest absolute Gasteiger partial charge is 0.331 e. The fraction of sp³-hybridized carbons (Fsp3) is 0.200. The summed E-state index contributed by atoms with van der Waals surface area (Å²) in [6.45, 7) is 1.22. The van der Waals surface area contributed by atoms with E-state index in [1.807, 2.05) is 0 Å². The van der Waals surface area contributed by atoms with E-state index in [9.17, 15) is 9.59 Å². The van der Waals surface area contributed by atoms with E-state index in [-0.39, 0.29) is 25.1 Å². The summed E-state index contributed by atoms with van der Waals surface area (Å²) >= 11 is 0. The third-order valence-electron chi connectivity index (χ3n) is 0.677. The van der Waals surface area contributed by atoms with Crippen molar-refractivity contribution in [3.8, 4) is 0 Å². The Kier molecular flexibility index (Phi) is 6.15. The molecule has 52 valence electrons. The van der Waals surface area contributed by atoms with Crippen LogP contribution in [0.3, 0.4) is 0 Å². The minimum Gasteiger partial charge on any atom is -0.478 e. The van der Waals surface area contributed by atoms with Crippen LogP contribution in [-0.4, -0.2) is 22.2 Å². The van der Waals surface area contributed by atoms with Crippen molar-refractivity contribution in [2.45, 2.75) is 6.92 Å². The van der Waals surface area contributed by atoms with Crippen LogP contribution < -0.4 is 0 Å². The number of aliphatic carboxylic acids is 2. The zero-order valence-corrected chi connectivity index (χ0v) is 8.46. The maximum absolute atomic E-state index is 9.90. The van der Waals surface area contributed by atoms with Crippen molar-refractivity contribution in [2.24, 2.45) is 0 Å². The SMILES string of the molecule is CC(=CC(=O)O)C(=O)O.[Zn]. The minimum atomic E-state index is -1.24. The summed E-state index contributed by atoms with van der Waals surface area (Å²) < 4.78 is 0. The van der Waals surface area contributed by atoms with Crippen molar-refractivity contribution in [3.05, 3.63) is 11.6 Å². The fourth-order valence-electron chi connectivity index (χ4n) is 0.247. The first-order valence-corrected chi connectivity index (χ1v) is 2.18. The summed E-state index contributed by atoms with van der Waals surface area (Å²) in [7, 11) is 0. The molecular formula is C5H6O4Zn. The van der Waals surface area contributed by atoms with E-state index in [1.54, 1.807) is 0 Å². The van der Waals surface area contributed by atoms with Crippen molar-refractivity contribution in [3.63, 3.8) is 0 Å². The predicted molar refractivity (Wildman–Crippen MR) is 29.0 cm³/mol. The first kappa shape index (κ1) is 12.0. The topological polar surface area (TPSA) is 74.6 Å². The van der Waals surface area contributed by atoms with E-state index in [2.05, 4.69) is 0 Å². The second kappa shape index (κ2) is 5.12. The number of hydrogen-bond donors (Lipinski definition) is 2. The van der Waals surface area contributed by atoms with Gasteiger partial charge in [0.05, 0.1) is 0 Å². The number of carboxylic acids is 2. The van der Waals surface area contributed by atoms with Crippen molar-refractivity contribution < 1.29 is 39.3 Å². The molecule has 0 saturated carbocycles. The largest absolute Gasteiger partial charge is 0.478 e. The van der Waals surface area contributed by atoms with Gasteiger partial charge in [0.15, 0.2) is 0 Å². The summed E-state index contributed by atoms with van der Waals surface area (Å²) in [5, 5.41) is 16.1. The Bertz CT molecular complexity index is 172. The van der Waals surface area contributed by atoms with Gasteiger partial charge in [-0.05, 0) is 6.92 Å². The molecule has 0 amide bonds. The van der Waals surface area contributed by atoms with E-state index in [0.29, 0.717) is 6.08 Å². The van der Waals surface area contributed by atoms with E-state index in [1.165, 1.54) is 6.92 Å². The Balaban J connectivity index is 0. The average molecular weight is 195 g/mol. The molecule has 2 N–H and O–H groups in total. The average Bonchev–Trinajstić information content (AvgIpc) is 1.63. The summed E-state index contributed by atoms with van der Waals surface area (Å²) in [6, 6.07) is 0. The molecule has 0 aliphatic rings. The monoisotopic (exact) mass is 194 g/mol. The molecule has 0 spiro atoms. The second-order valence-corrected chi connectivity index (χ2v) is 1.47. The maximum atomic E-state index is 9.90. The van der Waals surface area contributed by atoms with Crippen LogP contribution in [0.1, 0.15) is 6.92 Å². The fourth-order valence-corrected chi connectivity index (χ4v) is 0.247. The van der Waals surface area contributed by atoms with Gasteiger partial charge in [-0.2, -0.15) is 0 Å². The first-order chi connectivity index (χ1) is 4.04. The zero-order valence-electron chi connectivity index (χ0n) is 5.50. The number of hydrogen-bond acceptors (Lipinski definition) is 2. The van der Waals surface area contributed by atoms with Gasteiger partial charge in [-0.3, -0.25) is 0 Å². The standard InChI is InChI=1S/C5H6O4.Zn/c1-3(5(8)9)2-4(6)7;/h2H,1H3,(H,6,7)(H,8,9);. The van der Waals surface area contributed by atoms with Crippen LogP contribution >= 0.6 is 0 Å². The van der Waals surface area contributed by atoms with Crippen LogP contribution in [-0.2, 0) is 29.1 Å². The second-order valence-electron chi connectivity index (χ2n) is 1.47. The number of carboxylic acid groups (broad SMARTS) is 2. The molecule has 0 aliphatic heterocycles. The van der Waals surface area contributed by atoms with Crippen LogP contribution in [0.2, 0.25) is 0 Å². The van der Waals surface area contributed by atoms with Crippen molar-refractivity contribution in [1.29, 1.82) is 0 Å². The predicted octanol–water partition coefficient (Wildman–Crippen LogP) is 0.0994. The van der Waals surface area contributed by atoms with E-state index >= 15 is 0 Å². The molecule has 0 bridgehead atoms. The van der Waals surface area contributed by atoms with E-state index in [4.69, 9.17) is 10.2 Å². The normalized spacial score (nSPS) is 9.90. The quantitative estimate of drug-likeness (QED) is 0.484. The van der Waals surface area contributed by atoms with Crippen LogP contribution in [0, 0.1) is 0 Å². The summed E-state index contributed by atoms with van der Waals surface area (Å²) in [4.78, 5) is 19.7. The third kappa shape index (κ3) is 5.44. The Morgan fingerprint density at radius 1 is 1.30 bits per heavy atom. The Morgan fingerprint density at radius 3 is 1.80 bits per heavy atom. The molecule has 0 rings (SSSR count). The van der Waals surface area contributed by atoms with Crippen LogP contribution in [0.25, 0.3) is 0 Å². The zero-order chi connectivity index (χ0) is 7.44. The Labute approximate surface area is 70.3 Å². The molecule has 0 atom stereocenters. The van der Waals surface area contributed by atoms with Gasteiger partial charge in [0.2, 0.25) is 0 Å². The Hall–Kier alpha value is -0.697. The van der Waals surface area contributed by atoms with Crippen LogP contribution in [0.15, 0.2) is 11.6 Å². The molecule has 0 radical (unpaired) electrons. The minimum absolute atomic E-state index is 0. The van der Waals surface area contributed by atoms with Crippen molar-refractivity contribution >= 4 is 11.9 Å². The third-order valence-corrected chi connectivity index (χ3v) is 0.677. The van der Waals surface area contributed by atoms with Gasteiger partial charge in [-0.1, -0.05) is 0 Å².